The molecule has 1 saturated carbocycles. The molecule has 0 aromatic heterocycles. The summed E-state index contributed by atoms with van der Waals surface area (Å²) in [6, 6.07) is 0.771. The molecule has 2 rings (SSSR count). The first kappa shape index (κ1) is 20.9. The second-order valence-corrected chi connectivity index (χ2v) is 5.65. The Morgan fingerprint density at radius 2 is 1.76 bits per heavy atom. The van der Waals surface area contributed by atoms with Crippen molar-refractivity contribution in [1.82, 2.24) is 9.80 Å². The molecule has 1 amide bonds. The van der Waals surface area contributed by atoms with Gasteiger partial charge in [0.15, 0.2) is 0 Å². The number of halogens is 2. The van der Waals surface area contributed by atoms with Crippen LogP contribution in [0.2, 0.25) is 0 Å². The Hall–Kier alpha value is -0.0700. The number of hydrogen-bond donors (Lipinski definition) is 1. The molecule has 1 saturated heterocycles. The minimum atomic E-state index is -0.139. The molecule has 1 unspecified atom stereocenters. The molecule has 126 valence electrons. The molecule has 0 aromatic carbocycles. The van der Waals surface area contributed by atoms with Gasteiger partial charge in [0.25, 0.3) is 0 Å². The summed E-state index contributed by atoms with van der Waals surface area (Å²) in [4.78, 5) is 16.7. The summed E-state index contributed by atoms with van der Waals surface area (Å²) in [5, 5.41) is 0. The first-order valence-corrected chi connectivity index (χ1v) is 7.49. The lowest BCUT2D eigenvalue weighted by molar-refractivity contribution is -0.135. The topological polar surface area (TPSA) is 58.8 Å². The van der Waals surface area contributed by atoms with Crippen LogP contribution < -0.4 is 5.73 Å². The standard InChI is InChI=1S/C14H27N3O2.2ClH/c1-19-13(11-15)10-14(18)17-8-6-16(7-9-17)12-4-2-3-5-12;;/h12-13H,2-11,15H2,1H3;2*1H. The molecular weight excluding hydrogens is 313 g/mol. The fourth-order valence-electron chi connectivity index (χ4n) is 3.19. The first-order valence-electron chi connectivity index (χ1n) is 7.49. The number of carbonyl (C=O) groups excluding carboxylic acids is 1. The number of hydrogen-bond acceptors (Lipinski definition) is 4. The van der Waals surface area contributed by atoms with E-state index >= 15 is 0 Å². The van der Waals surface area contributed by atoms with Crippen molar-refractivity contribution in [3.05, 3.63) is 0 Å². The number of nitrogens with two attached hydrogens (primary N) is 1. The predicted molar refractivity (Wildman–Crippen MR) is 89.4 cm³/mol. The molecule has 1 aliphatic carbocycles. The lowest BCUT2D eigenvalue weighted by Gasteiger charge is -2.38. The third-order valence-electron chi connectivity index (χ3n) is 4.51. The quantitative estimate of drug-likeness (QED) is 0.818. The van der Waals surface area contributed by atoms with Gasteiger partial charge in [0.1, 0.15) is 0 Å². The van der Waals surface area contributed by atoms with Crippen molar-refractivity contribution in [3.63, 3.8) is 0 Å². The fourth-order valence-corrected chi connectivity index (χ4v) is 3.19. The number of nitrogens with zero attached hydrogens (tertiary/aromatic N) is 2. The average molecular weight is 342 g/mol. The van der Waals surface area contributed by atoms with Gasteiger partial charge in [-0.3, -0.25) is 9.69 Å². The van der Waals surface area contributed by atoms with Gasteiger partial charge in [-0.05, 0) is 12.8 Å². The first-order chi connectivity index (χ1) is 9.24. The molecule has 2 fully saturated rings. The predicted octanol–water partition coefficient (Wildman–Crippen LogP) is 1.28. The largest absolute Gasteiger partial charge is 0.380 e. The lowest BCUT2D eigenvalue weighted by Crippen LogP contribution is -2.52. The van der Waals surface area contributed by atoms with E-state index in [1.54, 1.807) is 7.11 Å². The lowest BCUT2D eigenvalue weighted by atomic mass is 10.1. The van der Waals surface area contributed by atoms with Gasteiger partial charge in [-0.25, -0.2) is 0 Å². The number of piperazine rings is 1. The minimum Gasteiger partial charge on any atom is -0.380 e. The van der Waals surface area contributed by atoms with E-state index in [0.29, 0.717) is 13.0 Å². The number of ether oxygens (including phenoxy) is 1. The molecule has 21 heavy (non-hydrogen) atoms. The highest BCUT2D eigenvalue weighted by Crippen LogP contribution is 2.24. The van der Waals surface area contributed by atoms with Crippen LogP contribution in [0.1, 0.15) is 32.1 Å². The zero-order valence-corrected chi connectivity index (χ0v) is 14.5. The van der Waals surface area contributed by atoms with Gasteiger partial charge in [-0.2, -0.15) is 0 Å². The van der Waals surface area contributed by atoms with Gasteiger partial charge in [0.2, 0.25) is 5.91 Å². The van der Waals surface area contributed by atoms with Crippen LogP contribution >= 0.6 is 24.8 Å². The fraction of sp³-hybridized carbons (Fsp3) is 0.929. The van der Waals surface area contributed by atoms with Gasteiger partial charge in [0.05, 0.1) is 12.5 Å². The van der Waals surface area contributed by atoms with Crippen molar-refractivity contribution in [1.29, 1.82) is 0 Å². The van der Waals surface area contributed by atoms with Crippen molar-refractivity contribution in [2.45, 2.75) is 44.2 Å². The highest BCUT2D eigenvalue weighted by molar-refractivity contribution is 5.85. The van der Waals surface area contributed by atoms with Crippen LogP contribution in [-0.2, 0) is 9.53 Å². The van der Waals surface area contributed by atoms with Crippen LogP contribution in [0.5, 0.6) is 0 Å². The van der Waals surface area contributed by atoms with E-state index in [-0.39, 0.29) is 36.8 Å². The van der Waals surface area contributed by atoms with Crippen molar-refractivity contribution in [2.75, 3.05) is 39.8 Å². The van der Waals surface area contributed by atoms with Crippen LogP contribution in [0.3, 0.4) is 0 Å². The Kier molecular flexibility index (Phi) is 10.6. The van der Waals surface area contributed by atoms with Crippen molar-refractivity contribution >= 4 is 30.7 Å². The summed E-state index contributed by atoms with van der Waals surface area (Å²) >= 11 is 0. The molecule has 0 spiro atoms. The molecule has 5 nitrogen and oxygen atoms in total. The maximum absolute atomic E-state index is 12.1. The Morgan fingerprint density at radius 3 is 2.24 bits per heavy atom. The Morgan fingerprint density at radius 1 is 1.19 bits per heavy atom. The van der Waals surface area contributed by atoms with E-state index in [1.165, 1.54) is 25.7 Å². The van der Waals surface area contributed by atoms with E-state index in [1.807, 2.05) is 4.90 Å². The Labute approximate surface area is 140 Å². The van der Waals surface area contributed by atoms with E-state index < -0.39 is 0 Å². The number of methoxy groups -OCH3 is 1. The zero-order chi connectivity index (χ0) is 13.7. The van der Waals surface area contributed by atoms with E-state index in [4.69, 9.17) is 10.5 Å². The highest BCUT2D eigenvalue weighted by atomic mass is 35.5. The van der Waals surface area contributed by atoms with E-state index in [0.717, 1.165) is 32.2 Å². The van der Waals surface area contributed by atoms with Crippen LogP contribution in [0.25, 0.3) is 0 Å². The SMILES string of the molecule is COC(CN)CC(=O)N1CCN(C2CCCC2)CC1.Cl.Cl. The van der Waals surface area contributed by atoms with Crippen molar-refractivity contribution in [2.24, 2.45) is 5.73 Å². The molecule has 0 aromatic rings. The van der Waals surface area contributed by atoms with Crippen molar-refractivity contribution < 1.29 is 9.53 Å². The molecule has 1 atom stereocenters. The van der Waals surface area contributed by atoms with Gasteiger partial charge in [0, 0.05) is 45.9 Å². The zero-order valence-electron chi connectivity index (χ0n) is 12.8. The summed E-state index contributed by atoms with van der Waals surface area (Å²) in [7, 11) is 1.61. The summed E-state index contributed by atoms with van der Waals surface area (Å²) in [5.74, 6) is 0.184. The van der Waals surface area contributed by atoms with Gasteiger partial charge >= 0.3 is 0 Å². The van der Waals surface area contributed by atoms with Crippen molar-refractivity contribution in [3.8, 4) is 0 Å². The normalized spacial score (nSPS) is 21.5. The summed E-state index contributed by atoms with van der Waals surface area (Å²) in [6.07, 6.45) is 5.70. The summed E-state index contributed by atoms with van der Waals surface area (Å²) < 4.78 is 5.18. The third kappa shape index (κ3) is 5.91. The monoisotopic (exact) mass is 341 g/mol. The second kappa shape index (κ2) is 10.6. The molecule has 1 aliphatic heterocycles. The maximum atomic E-state index is 12.1. The van der Waals surface area contributed by atoms with Gasteiger partial charge < -0.3 is 15.4 Å². The average Bonchev–Trinajstić information content (AvgIpc) is 2.99. The molecule has 0 bridgehead atoms. The number of carbonyl (C=O) groups is 1. The number of rotatable bonds is 5. The Bertz CT molecular complexity index is 290. The van der Waals surface area contributed by atoms with E-state index in [9.17, 15) is 4.79 Å². The van der Waals surface area contributed by atoms with Crippen LogP contribution in [-0.4, -0.2) is 67.7 Å². The van der Waals surface area contributed by atoms with Gasteiger partial charge in [-0.15, -0.1) is 24.8 Å². The second-order valence-electron chi connectivity index (χ2n) is 5.65. The number of amides is 1. The Balaban J connectivity index is 0.00000200. The third-order valence-corrected chi connectivity index (χ3v) is 4.51. The van der Waals surface area contributed by atoms with Crippen LogP contribution in [0.4, 0.5) is 0 Å². The molecule has 7 heteroatoms. The molecule has 2 aliphatic rings. The maximum Gasteiger partial charge on any atom is 0.225 e. The van der Waals surface area contributed by atoms with E-state index in [2.05, 4.69) is 4.90 Å². The van der Waals surface area contributed by atoms with Crippen LogP contribution in [0.15, 0.2) is 0 Å². The summed E-state index contributed by atoms with van der Waals surface area (Å²) in [6.45, 7) is 4.17. The minimum absolute atomic E-state index is 0. The molecular formula is C14H29Cl2N3O2. The molecule has 1 heterocycles. The molecule has 2 N–H and O–H groups in total. The van der Waals surface area contributed by atoms with Gasteiger partial charge in [-0.1, -0.05) is 12.8 Å². The smallest absolute Gasteiger partial charge is 0.225 e. The van der Waals surface area contributed by atoms with Crippen LogP contribution in [0, 0.1) is 0 Å². The highest BCUT2D eigenvalue weighted by Gasteiger charge is 2.28. The molecule has 0 radical (unpaired) electrons. The summed E-state index contributed by atoms with van der Waals surface area (Å²) in [5.41, 5.74) is 5.56.